The molecule has 0 saturated carbocycles. The van der Waals surface area contributed by atoms with Gasteiger partial charge in [0.1, 0.15) is 17.3 Å². The number of benzene rings is 3. The highest BCUT2D eigenvalue weighted by atomic mass is 19.1. The fraction of sp³-hybridized carbons (Fsp3) is 0.120. The van der Waals surface area contributed by atoms with Gasteiger partial charge in [-0.25, -0.2) is 14.2 Å². The summed E-state index contributed by atoms with van der Waals surface area (Å²) in [5, 5.41) is 5.09. The van der Waals surface area contributed by atoms with Gasteiger partial charge in [0.15, 0.2) is 17.3 Å². The van der Waals surface area contributed by atoms with E-state index >= 15 is 0 Å². The highest BCUT2D eigenvalue weighted by Gasteiger charge is 2.19. The molecule has 34 heavy (non-hydrogen) atoms. The average Bonchev–Trinajstić information content (AvgIpc) is 3.32. The van der Waals surface area contributed by atoms with Gasteiger partial charge < -0.3 is 9.47 Å². The normalized spacial score (nSPS) is 11.1. The van der Waals surface area contributed by atoms with Gasteiger partial charge in [-0.05, 0) is 48.5 Å². The third-order valence-corrected chi connectivity index (χ3v) is 5.53. The van der Waals surface area contributed by atoms with Crippen molar-refractivity contribution in [2.45, 2.75) is 6.54 Å². The Hall–Kier alpha value is -4.53. The molecule has 0 spiro atoms. The summed E-state index contributed by atoms with van der Waals surface area (Å²) in [5.41, 5.74) is 1.30. The first kappa shape index (κ1) is 21.3. The number of aromatic nitrogens is 4. The van der Waals surface area contributed by atoms with E-state index in [2.05, 4.69) is 10.1 Å². The summed E-state index contributed by atoms with van der Waals surface area (Å²) in [7, 11) is 3.08. The Kier molecular flexibility index (Phi) is 5.29. The second-order valence-electron chi connectivity index (χ2n) is 7.59. The van der Waals surface area contributed by atoms with E-state index in [9.17, 15) is 14.0 Å². The minimum absolute atomic E-state index is 0.233. The fourth-order valence-electron chi connectivity index (χ4n) is 3.82. The molecule has 0 bridgehead atoms. The van der Waals surface area contributed by atoms with Gasteiger partial charge in [-0.1, -0.05) is 12.1 Å². The number of fused-ring (bicyclic) bond motifs is 3. The van der Waals surface area contributed by atoms with Crippen molar-refractivity contribution in [3.8, 4) is 22.9 Å². The van der Waals surface area contributed by atoms with Crippen LogP contribution in [0.5, 0.6) is 11.5 Å². The van der Waals surface area contributed by atoms with Crippen LogP contribution in [0.4, 0.5) is 4.39 Å². The van der Waals surface area contributed by atoms with Crippen molar-refractivity contribution in [3.63, 3.8) is 0 Å². The summed E-state index contributed by atoms with van der Waals surface area (Å²) >= 11 is 0. The Morgan fingerprint density at radius 3 is 2.32 bits per heavy atom. The number of halogens is 1. The number of hydrogen-bond donors (Lipinski definition) is 0. The zero-order valence-electron chi connectivity index (χ0n) is 18.4. The molecule has 0 N–H and O–H groups in total. The van der Waals surface area contributed by atoms with Gasteiger partial charge in [0.2, 0.25) is 0 Å². The Morgan fingerprint density at radius 2 is 1.65 bits per heavy atom. The molecule has 8 nitrogen and oxygen atoms in total. The Bertz CT molecular complexity index is 1580. The number of Topliss-reactive ketones (excluding diaryl/α,β-unsaturated/α-hetero) is 1. The highest BCUT2D eigenvalue weighted by molar-refractivity contribution is 5.98. The molecule has 0 saturated heterocycles. The molecular formula is C25H19FN4O4. The molecule has 0 aliphatic rings. The van der Waals surface area contributed by atoms with Crippen LogP contribution in [0.3, 0.4) is 0 Å². The summed E-state index contributed by atoms with van der Waals surface area (Å²) in [6.07, 6.45) is 0. The van der Waals surface area contributed by atoms with Crippen molar-refractivity contribution in [2.24, 2.45) is 0 Å². The van der Waals surface area contributed by atoms with Crippen LogP contribution in [-0.4, -0.2) is 39.2 Å². The predicted molar refractivity (Wildman–Crippen MR) is 124 cm³/mol. The second-order valence-corrected chi connectivity index (χ2v) is 7.59. The van der Waals surface area contributed by atoms with Crippen molar-refractivity contribution in [2.75, 3.05) is 14.2 Å². The first-order valence-corrected chi connectivity index (χ1v) is 10.4. The van der Waals surface area contributed by atoms with E-state index in [-0.39, 0.29) is 12.3 Å². The third kappa shape index (κ3) is 3.66. The first-order chi connectivity index (χ1) is 16.5. The second kappa shape index (κ2) is 8.43. The van der Waals surface area contributed by atoms with E-state index in [1.54, 1.807) is 44.6 Å². The third-order valence-electron chi connectivity index (χ3n) is 5.53. The number of hydrogen-bond acceptors (Lipinski definition) is 6. The maximum Gasteiger partial charge on any atom is 0.351 e. The van der Waals surface area contributed by atoms with Crippen LogP contribution in [0.1, 0.15) is 10.4 Å². The van der Waals surface area contributed by atoms with E-state index in [1.165, 1.54) is 33.3 Å². The largest absolute Gasteiger partial charge is 0.497 e. The van der Waals surface area contributed by atoms with Crippen molar-refractivity contribution in [3.05, 3.63) is 88.6 Å². The Labute approximate surface area is 192 Å². The monoisotopic (exact) mass is 458 g/mol. The van der Waals surface area contributed by atoms with Crippen molar-refractivity contribution < 1.29 is 18.7 Å². The Morgan fingerprint density at radius 1 is 0.971 bits per heavy atom. The maximum absolute atomic E-state index is 13.4. The molecule has 0 radical (unpaired) electrons. The van der Waals surface area contributed by atoms with Crippen molar-refractivity contribution in [1.82, 2.24) is 19.2 Å². The van der Waals surface area contributed by atoms with Gasteiger partial charge in [-0.3, -0.25) is 9.36 Å². The number of carbonyl (C=O) groups excluding carboxylic acids is 1. The number of carbonyl (C=O) groups is 1. The summed E-state index contributed by atoms with van der Waals surface area (Å²) in [6, 6.07) is 17.6. The number of nitrogens with zero attached hydrogens (tertiary/aromatic N) is 4. The summed E-state index contributed by atoms with van der Waals surface area (Å²) in [6.45, 7) is -0.233. The van der Waals surface area contributed by atoms with Crippen molar-refractivity contribution in [1.29, 1.82) is 0 Å². The molecule has 0 fully saturated rings. The lowest BCUT2D eigenvalue weighted by Gasteiger charge is -2.10. The lowest BCUT2D eigenvalue weighted by molar-refractivity contribution is 0.0971. The molecule has 2 aromatic heterocycles. The van der Waals surface area contributed by atoms with E-state index in [0.29, 0.717) is 45.0 Å². The number of ether oxygens (including phenoxy) is 2. The van der Waals surface area contributed by atoms with Crippen LogP contribution in [0.2, 0.25) is 0 Å². The molecule has 3 aromatic carbocycles. The molecular weight excluding hydrogens is 439 g/mol. The SMILES string of the molecule is COc1cc(OC)cc(-c2nc3c4ccccc4n(CC(=O)c4ccc(F)cc4)c(=O)n3n2)c1. The molecule has 0 atom stereocenters. The van der Waals surface area contributed by atoms with E-state index < -0.39 is 11.5 Å². The van der Waals surface area contributed by atoms with Crippen LogP contribution in [0, 0.1) is 5.82 Å². The average molecular weight is 458 g/mol. The van der Waals surface area contributed by atoms with E-state index in [1.807, 2.05) is 12.1 Å². The van der Waals surface area contributed by atoms with Crippen molar-refractivity contribution >= 4 is 22.3 Å². The summed E-state index contributed by atoms with van der Waals surface area (Å²) < 4.78 is 26.4. The standard InChI is InChI=1S/C25H19FN4O4/c1-33-18-11-16(12-19(13-18)34-2)23-27-24-20-5-3-4-6-21(20)29(25(32)30(24)28-23)14-22(31)15-7-9-17(26)10-8-15/h3-13H,14H2,1-2H3. The fourth-order valence-corrected chi connectivity index (χ4v) is 3.82. The molecule has 2 heterocycles. The van der Waals surface area contributed by atoms with E-state index in [0.717, 1.165) is 0 Å². The van der Waals surface area contributed by atoms with Gasteiger partial charge in [-0.2, -0.15) is 4.52 Å². The first-order valence-electron chi connectivity index (χ1n) is 10.4. The number of ketones is 1. The lowest BCUT2D eigenvalue weighted by atomic mass is 10.1. The van der Waals surface area contributed by atoms with Crippen LogP contribution in [0.25, 0.3) is 27.9 Å². The van der Waals surface area contributed by atoms with Gasteiger partial charge in [-0.15, -0.1) is 5.10 Å². The minimum Gasteiger partial charge on any atom is -0.497 e. The molecule has 170 valence electrons. The predicted octanol–water partition coefficient (Wildman–Crippen LogP) is 3.75. The van der Waals surface area contributed by atoms with Crippen LogP contribution < -0.4 is 15.2 Å². The lowest BCUT2D eigenvalue weighted by Crippen LogP contribution is -2.30. The minimum atomic E-state index is -0.516. The van der Waals surface area contributed by atoms with Gasteiger partial charge in [0, 0.05) is 22.6 Å². The Balaban J connectivity index is 1.68. The van der Waals surface area contributed by atoms with Gasteiger partial charge >= 0.3 is 5.69 Å². The smallest absolute Gasteiger partial charge is 0.351 e. The number of methoxy groups -OCH3 is 2. The quantitative estimate of drug-likeness (QED) is 0.360. The van der Waals surface area contributed by atoms with Crippen LogP contribution >= 0.6 is 0 Å². The molecule has 0 unspecified atom stereocenters. The van der Waals surface area contributed by atoms with Gasteiger partial charge in [0.05, 0.1) is 26.3 Å². The van der Waals surface area contributed by atoms with Gasteiger partial charge in [0.25, 0.3) is 0 Å². The highest BCUT2D eigenvalue weighted by Crippen LogP contribution is 2.29. The molecule has 0 amide bonds. The summed E-state index contributed by atoms with van der Waals surface area (Å²) in [5.74, 6) is 0.650. The topological polar surface area (TPSA) is 87.7 Å². The molecule has 5 rings (SSSR count). The summed E-state index contributed by atoms with van der Waals surface area (Å²) in [4.78, 5) is 30.9. The van der Waals surface area contributed by atoms with Crippen LogP contribution in [-0.2, 0) is 6.54 Å². The number of para-hydroxylation sites is 1. The molecule has 5 aromatic rings. The zero-order valence-corrected chi connectivity index (χ0v) is 18.4. The molecule has 0 aliphatic carbocycles. The van der Waals surface area contributed by atoms with E-state index in [4.69, 9.17) is 9.47 Å². The molecule has 0 aliphatic heterocycles. The zero-order chi connectivity index (χ0) is 23.8. The number of rotatable bonds is 6. The molecule has 9 heteroatoms. The maximum atomic E-state index is 13.4. The van der Waals surface area contributed by atoms with Crippen LogP contribution in [0.15, 0.2) is 71.5 Å².